The van der Waals surface area contributed by atoms with Gasteiger partial charge in [-0.3, -0.25) is 14.5 Å². The van der Waals surface area contributed by atoms with E-state index in [9.17, 15) is 9.59 Å². The number of halogens is 1. The molecule has 4 nitrogen and oxygen atoms in total. The molecule has 29 heavy (non-hydrogen) atoms. The zero-order chi connectivity index (χ0) is 20.4. The maximum absolute atomic E-state index is 13.1. The van der Waals surface area contributed by atoms with Gasteiger partial charge in [-0.05, 0) is 48.9 Å². The first kappa shape index (κ1) is 19.2. The number of rotatable bonds is 5. The fourth-order valence-corrected chi connectivity index (χ4v) is 4.09. The van der Waals surface area contributed by atoms with Crippen molar-refractivity contribution in [2.75, 3.05) is 10.2 Å². The molecule has 1 N–H and O–H groups in total. The third-order valence-corrected chi connectivity index (χ3v) is 5.56. The second-order valence-electron chi connectivity index (χ2n) is 7.20. The van der Waals surface area contributed by atoms with Crippen LogP contribution in [0.25, 0.3) is 0 Å². The van der Waals surface area contributed by atoms with Gasteiger partial charge in [0, 0.05) is 22.4 Å². The lowest BCUT2D eigenvalue weighted by Crippen LogP contribution is -2.34. The quantitative estimate of drug-likeness (QED) is 0.601. The number of nitrogens with one attached hydrogen (secondary N) is 1. The lowest BCUT2D eigenvalue weighted by Gasteiger charge is -2.31. The van der Waals surface area contributed by atoms with E-state index in [1.54, 1.807) is 17.0 Å². The molecule has 0 radical (unpaired) electrons. The van der Waals surface area contributed by atoms with Gasteiger partial charge < -0.3 is 5.32 Å². The molecular weight excluding hydrogens is 384 g/mol. The number of hydrogen-bond acceptors (Lipinski definition) is 3. The van der Waals surface area contributed by atoms with Crippen molar-refractivity contribution in [1.82, 2.24) is 0 Å². The molecule has 0 spiro atoms. The number of anilines is 2. The molecule has 1 heterocycles. The van der Waals surface area contributed by atoms with Crippen molar-refractivity contribution in [1.29, 1.82) is 0 Å². The van der Waals surface area contributed by atoms with Gasteiger partial charge in [-0.2, -0.15) is 0 Å². The fourth-order valence-electron chi connectivity index (χ4n) is 3.96. The van der Waals surface area contributed by atoms with Crippen molar-refractivity contribution >= 4 is 34.7 Å². The van der Waals surface area contributed by atoms with E-state index in [1.165, 1.54) is 0 Å². The Bertz CT molecular complexity index is 1010. The van der Waals surface area contributed by atoms with Crippen LogP contribution in [0.3, 0.4) is 0 Å². The molecule has 0 aromatic heterocycles. The third kappa shape index (κ3) is 3.76. The smallest absolute Gasteiger partial charge is 0.295 e. The highest BCUT2D eigenvalue weighted by Gasteiger charge is 2.50. The molecular formula is C24H21ClN2O2. The molecule has 0 bridgehead atoms. The monoisotopic (exact) mass is 404 g/mol. The van der Waals surface area contributed by atoms with E-state index in [0.29, 0.717) is 10.7 Å². The summed E-state index contributed by atoms with van der Waals surface area (Å²) in [6.07, 6.45) is 0. The van der Waals surface area contributed by atoms with E-state index in [1.807, 2.05) is 79.7 Å². The summed E-state index contributed by atoms with van der Waals surface area (Å²) in [6, 6.07) is 25.7. The Kier molecular flexibility index (Phi) is 5.36. The first-order valence-corrected chi connectivity index (χ1v) is 9.93. The highest BCUT2D eigenvalue weighted by Crippen LogP contribution is 2.42. The molecule has 0 saturated carbocycles. The highest BCUT2D eigenvalue weighted by molar-refractivity contribution is 6.45. The van der Waals surface area contributed by atoms with Gasteiger partial charge in [0.2, 0.25) is 5.78 Å². The number of para-hydroxylation sites is 2. The molecule has 146 valence electrons. The Morgan fingerprint density at radius 2 is 1.45 bits per heavy atom. The van der Waals surface area contributed by atoms with E-state index < -0.39 is 17.9 Å². The molecule has 0 aliphatic carbocycles. The second-order valence-corrected chi connectivity index (χ2v) is 7.63. The number of nitrogens with zero attached hydrogens (tertiary/aromatic N) is 1. The number of amides is 1. The first-order valence-electron chi connectivity index (χ1n) is 9.56. The van der Waals surface area contributed by atoms with Crippen LogP contribution in [0, 0.1) is 5.92 Å². The van der Waals surface area contributed by atoms with Crippen LogP contribution in [0.1, 0.15) is 18.5 Å². The summed E-state index contributed by atoms with van der Waals surface area (Å²) in [5, 5.41) is 4.01. The minimum absolute atomic E-state index is 0.247. The molecule has 4 rings (SSSR count). The molecule has 1 fully saturated rings. The van der Waals surface area contributed by atoms with E-state index in [0.717, 1.165) is 11.3 Å². The van der Waals surface area contributed by atoms with Gasteiger partial charge in [-0.25, -0.2) is 0 Å². The van der Waals surface area contributed by atoms with Gasteiger partial charge in [-0.15, -0.1) is 0 Å². The van der Waals surface area contributed by atoms with Crippen LogP contribution in [0.15, 0.2) is 84.9 Å². The van der Waals surface area contributed by atoms with E-state index in [4.69, 9.17) is 11.6 Å². The number of ketones is 1. The Hall–Kier alpha value is -3.11. The van der Waals surface area contributed by atoms with Gasteiger partial charge in [0.15, 0.2) is 0 Å². The topological polar surface area (TPSA) is 49.4 Å². The van der Waals surface area contributed by atoms with Crippen LogP contribution in [0.5, 0.6) is 0 Å². The first-order chi connectivity index (χ1) is 14.1. The number of carbonyl (C=O) groups is 2. The van der Waals surface area contributed by atoms with Gasteiger partial charge in [-0.1, -0.05) is 60.1 Å². The Labute approximate surface area is 175 Å². The normalized spacial score (nSPS) is 20.0. The summed E-state index contributed by atoms with van der Waals surface area (Å²) < 4.78 is 0. The summed E-state index contributed by atoms with van der Waals surface area (Å²) in [4.78, 5) is 27.8. The van der Waals surface area contributed by atoms with Crippen LogP contribution in [-0.2, 0) is 9.59 Å². The van der Waals surface area contributed by atoms with Crippen molar-refractivity contribution in [2.45, 2.75) is 19.0 Å². The number of Topliss-reactive ketones (excluding diaryl/α,β-unsaturated/α-hetero) is 1. The van der Waals surface area contributed by atoms with Crippen molar-refractivity contribution in [3.8, 4) is 0 Å². The Morgan fingerprint density at radius 1 is 0.862 bits per heavy atom. The van der Waals surface area contributed by atoms with Crippen molar-refractivity contribution in [2.24, 2.45) is 5.92 Å². The predicted molar refractivity (Wildman–Crippen MR) is 116 cm³/mol. The molecule has 1 aliphatic heterocycles. The maximum Gasteiger partial charge on any atom is 0.295 e. The zero-order valence-electron chi connectivity index (χ0n) is 16.0. The standard InChI is InChI=1S/C24H21ClN2O2/c1-16(26-19-8-4-2-5-9-19)21-22(17-12-14-18(25)15-13-17)27(24(29)23(21)28)20-10-6-3-7-11-20/h2-16,21-22,26H,1H3/t16-,21+,22-/m0/s1. The average Bonchev–Trinajstić information content (AvgIpc) is 3.01. The average molecular weight is 405 g/mol. The van der Waals surface area contributed by atoms with Crippen LogP contribution in [0.4, 0.5) is 11.4 Å². The Morgan fingerprint density at radius 3 is 2.07 bits per heavy atom. The van der Waals surface area contributed by atoms with Crippen LogP contribution < -0.4 is 10.2 Å². The highest BCUT2D eigenvalue weighted by atomic mass is 35.5. The molecule has 5 heteroatoms. The molecule has 1 saturated heterocycles. The van der Waals surface area contributed by atoms with Crippen LogP contribution >= 0.6 is 11.6 Å². The van der Waals surface area contributed by atoms with E-state index in [-0.39, 0.29) is 11.8 Å². The second kappa shape index (κ2) is 8.10. The van der Waals surface area contributed by atoms with Crippen molar-refractivity contribution < 1.29 is 9.59 Å². The molecule has 0 unspecified atom stereocenters. The minimum atomic E-state index is -0.538. The van der Waals surface area contributed by atoms with Gasteiger partial charge in [0.25, 0.3) is 5.91 Å². The molecule has 3 aromatic rings. The maximum atomic E-state index is 13.1. The largest absolute Gasteiger partial charge is 0.382 e. The third-order valence-electron chi connectivity index (χ3n) is 5.30. The number of benzene rings is 3. The summed E-state index contributed by atoms with van der Waals surface area (Å²) in [6.45, 7) is 1.94. The van der Waals surface area contributed by atoms with Gasteiger partial charge in [0.05, 0.1) is 12.0 Å². The molecule has 3 atom stereocenters. The van der Waals surface area contributed by atoms with E-state index in [2.05, 4.69) is 5.32 Å². The SMILES string of the molecule is C[C@H](Nc1ccccc1)[C@H]1C(=O)C(=O)N(c2ccccc2)[C@H]1c1ccc(Cl)cc1. The number of hydrogen-bond donors (Lipinski definition) is 1. The summed E-state index contributed by atoms with van der Waals surface area (Å²) in [7, 11) is 0. The lowest BCUT2D eigenvalue weighted by molar-refractivity contribution is -0.135. The van der Waals surface area contributed by atoms with Crippen molar-refractivity contribution in [3.05, 3.63) is 95.5 Å². The van der Waals surface area contributed by atoms with Gasteiger partial charge >= 0.3 is 0 Å². The van der Waals surface area contributed by atoms with Gasteiger partial charge in [0.1, 0.15) is 0 Å². The summed E-state index contributed by atoms with van der Waals surface area (Å²) >= 11 is 6.08. The predicted octanol–water partition coefficient (Wildman–Crippen LogP) is 5.11. The molecule has 1 amide bonds. The lowest BCUT2D eigenvalue weighted by atomic mass is 9.87. The van der Waals surface area contributed by atoms with Crippen LogP contribution in [-0.4, -0.2) is 17.7 Å². The summed E-state index contributed by atoms with van der Waals surface area (Å²) in [5.41, 5.74) is 2.50. The molecule has 1 aliphatic rings. The Balaban J connectivity index is 1.76. The molecule has 3 aromatic carbocycles. The number of carbonyl (C=O) groups excluding carboxylic acids is 2. The van der Waals surface area contributed by atoms with E-state index >= 15 is 0 Å². The van der Waals surface area contributed by atoms with Crippen LogP contribution in [0.2, 0.25) is 5.02 Å². The summed E-state index contributed by atoms with van der Waals surface area (Å²) in [5.74, 6) is -1.41. The minimum Gasteiger partial charge on any atom is -0.382 e. The van der Waals surface area contributed by atoms with Crippen molar-refractivity contribution in [3.63, 3.8) is 0 Å². The zero-order valence-corrected chi connectivity index (χ0v) is 16.7. The fraction of sp³-hybridized carbons (Fsp3) is 0.167.